The third-order valence-electron chi connectivity index (χ3n) is 5.58. The zero-order chi connectivity index (χ0) is 15.0. The Balaban J connectivity index is 1.61. The number of fused-ring (bicyclic) bond motifs is 2. The summed E-state index contributed by atoms with van der Waals surface area (Å²) >= 11 is 0. The van der Waals surface area contributed by atoms with Crippen LogP contribution in [0, 0.1) is 5.92 Å². The molecule has 2 saturated heterocycles. The van der Waals surface area contributed by atoms with Gasteiger partial charge >= 0.3 is 0 Å². The average Bonchev–Trinajstić information content (AvgIpc) is 2.69. The molecule has 114 valence electrons. The zero-order valence-electron chi connectivity index (χ0n) is 13.5. The van der Waals surface area contributed by atoms with Gasteiger partial charge < -0.3 is 4.90 Å². The van der Waals surface area contributed by atoms with Crippen molar-refractivity contribution in [1.82, 2.24) is 4.90 Å². The van der Waals surface area contributed by atoms with E-state index in [4.69, 9.17) is 0 Å². The number of carbonyl (C=O) groups is 1. The summed E-state index contributed by atoms with van der Waals surface area (Å²) in [5.74, 6) is 1.31. The maximum absolute atomic E-state index is 12.6. The summed E-state index contributed by atoms with van der Waals surface area (Å²) in [6.45, 7) is 4.41. The van der Waals surface area contributed by atoms with Crippen molar-refractivity contribution in [2.24, 2.45) is 5.92 Å². The monoisotopic (exact) mass is 285 g/mol. The molecule has 1 aromatic carbocycles. The van der Waals surface area contributed by atoms with Gasteiger partial charge in [-0.25, -0.2) is 0 Å². The number of hydrogen-bond acceptors (Lipinski definition) is 2. The molecule has 2 heteroatoms. The average molecular weight is 285 g/mol. The van der Waals surface area contributed by atoms with Crippen molar-refractivity contribution >= 4 is 5.78 Å². The molecule has 2 unspecified atom stereocenters. The summed E-state index contributed by atoms with van der Waals surface area (Å²) < 4.78 is 0. The van der Waals surface area contributed by atoms with E-state index in [9.17, 15) is 4.79 Å². The predicted octanol–water partition coefficient (Wildman–Crippen LogP) is 3.79. The van der Waals surface area contributed by atoms with Gasteiger partial charge in [0.15, 0.2) is 0 Å². The molecular weight excluding hydrogens is 258 g/mol. The lowest BCUT2D eigenvalue weighted by Crippen LogP contribution is -2.42. The van der Waals surface area contributed by atoms with Gasteiger partial charge in [0.2, 0.25) is 0 Å². The van der Waals surface area contributed by atoms with E-state index in [1.165, 1.54) is 24.0 Å². The molecule has 2 heterocycles. The van der Waals surface area contributed by atoms with E-state index in [2.05, 4.69) is 50.1 Å². The first-order valence-corrected chi connectivity index (χ1v) is 8.38. The molecule has 0 radical (unpaired) electrons. The maximum Gasteiger partial charge on any atom is 0.140 e. The highest BCUT2D eigenvalue weighted by atomic mass is 16.1. The van der Waals surface area contributed by atoms with E-state index in [1.807, 2.05) is 0 Å². The number of piperidine rings is 1. The molecule has 2 aliphatic rings. The molecule has 2 fully saturated rings. The standard InChI is InChI=1S/C19H27NO/c1-13(2)15-6-4-14(5-7-15)10-19(21)16-11-17-8-9-18(12-16)20(17)3/h4-7,13,16-18H,8-12H2,1-3H3. The van der Waals surface area contributed by atoms with Crippen LogP contribution in [0.5, 0.6) is 0 Å². The summed E-state index contributed by atoms with van der Waals surface area (Å²) in [7, 11) is 2.23. The van der Waals surface area contributed by atoms with Crippen molar-refractivity contribution < 1.29 is 4.79 Å². The lowest BCUT2D eigenvalue weighted by Gasteiger charge is -2.35. The van der Waals surface area contributed by atoms with E-state index in [1.54, 1.807) is 0 Å². The second kappa shape index (κ2) is 5.92. The van der Waals surface area contributed by atoms with Crippen molar-refractivity contribution in [3.63, 3.8) is 0 Å². The highest BCUT2D eigenvalue weighted by Crippen LogP contribution is 2.38. The minimum absolute atomic E-state index is 0.295. The Morgan fingerprint density at radius 1 is 1.14 bits per heavy atom. The third-order valence-corrected chi connectivity index (χ3v) is 5.58. The first-order chi connectivity index (χ1) is 10.0. The van der Waals surface area contributed by atoms with Crippen molar-refractivity contribution in [1.29, 1.82) is 0 Å². The van der Waals surface area contributed by atoms with Gasteiger partial charge in [0.1, 0.15) is 5.78 Å². The summed E-state index contributed by atoms with van der Waals surface area (Å²) in [6, 6.07) is 9.92. The summed E-state index contributed by atoms with van der Waals surface area (Å²) in [6.07, 6.45) is 5.35. The van der Waals surface area contributed by atoms with Crippen LogP contribution in [-0.4, -0.2) is 29.8 Å². The number of nitrogens with zero attached hydrogens (tertiary/aromatic N) is 1. The largest absolute Gasteiger partial charge is 0.300 e. The lowest BCUT2D eigenvalue weighted by molar-refractivity contribution is -0.124. The van der Waals surface area contributed by atoms with Crippen LogP contribution in [0.15, 0.2) is 24.3 Å². The Labute approximate surface area is 128 Å². The Morgan fingerprint density at radius 3 is 2.24 bits per heavy atom. The molecule has 0 amide bonds. The minimum atomic E-state index is 0.295. The Hall–Kier alpha value is -1.15. The number of rotatable bonds is 4. The highest BCUT2D eigenvalue weighted by Gasteiger charge is 2.40. The molecule has 2 bridgehead atoms. The van der Waals surface area contributed by atoms with Crippen molar-refractivity contribution in [3.8, 4) is 0 Å². The van der Waals surface area contributed by atoms with E-state index in [0.29, 0.717) is 36.1 Å². The van der Waals surface area contributed by atoms with Crippen LogP contribution in [0.3, 0.4) is 0 Å². The molecule has 0 saturated carbocycles. The quantitative estimate of drug-likeness (QED) is 0.839. The van der Waals surface area contributed by atoms with E-state index in [0.717, 1.165) is 12.8 Å². The number of hydrogen-bond donors (Lipinski definition) is 0. The fourth-order valence-corrected chi connectivity index (χ4v) is 4.04. The van der Waals surface area contributed by atoms with Gasteiger partial charge in [0.25, 0.3) is 0 Å². The first kappa shape index (κ1) is 14.8. The Kier molecular flexibility index (Phi) is 4.17. The molecule has 0 N–H and O–H groups in total. The molecule has 0 aromatic heterocycles. The fraction of sp³-hybridized carbons (Fsp3) is 0.632. The van der Waals surface area contributed by atoms with Crippen LogP contribution in [-0.2, 0) is 11.2 Å². The van der Waals surface area contributed by atoms with Gasteiger partial charge in [-0.1, -0.05) is 38.1 Å². The van der Waals surface area contributed by atoms with Gasteiger partial charge in [0, 0.05) is 24.4 Å². The molecule has 0 aliphatic carbocycles. The van der Waals surface area contributed by atoms with E-state index < -0.39 is 0 Å². The van der Waals surface area contributed by atoms with E-state index in [-0.39, 0.29) is 0 Å². The number of ketones is 1. The van der Waals surface area contributed by atoms with Gasteiger partial charge in [-0.2, -0.15) is 0 Å². The van der Waals surface area contributed by atoms with Crippen LogP contribution in [0.4, 0.5) is 0 Å². The van der Waals surface area contributed by atoms with Gasteiger partial charge in [-0.3, -0.25) is 4.79 Å². The molecule has 2 nitrogen and oxygen atoms in total. The third kappa shape index (κ3) is 3.06. The van der Waals surface area contributed by atoms with Crippen molar-refractivity contribution in [2.75, 3.05) is 7.05 Å². The maximum atomic E-state index is 12.6. The Bertz CT molecular complexity index is 491. The molecule has 2 aliphatic heterocycles. The van der Waals surface area contributed by atoms with Crippen LogP contribution in [0.25, 0.3) is 0 Å². The first-order valence-electron chi connectivity index (χ1n) is 8.38. The normalized spacial score (nSPS) is 29.0. The molecular formula is C19H27NO. The van der Waals surface area contributed by atoms with Crippen LogP contribution in [0.1, 0.15) is 56.6 Å². The SMILES string of the molecule is CC(C)c1ccc(CC(=O)C2CC3CCC(C2)N3C)cc1. The molecule has 2 atom stereocenters. The smallest absolute Gasteiger partial charge is 0.140 e. The van der Waals surface area contributed by atoms with E-state index >= 15 is 0 Å². The van der Waals surface area contributed by atoms with Crippen LogP contribution < -0.4 is 0 Å². The second-order valence-electron chi connectivity index (χ2n) is 7.26. The summed E-state index contributed by atoms with van der Waals surface area (Å²) in [5.41, 5.74) is 2.53. The minimum Gasteiger partial charge on any atom is -0.300 e. The van der Waals surface area contributed by atoms with Crippen molar-refractivity contribution in [3.05, 3.63) is 35.4 Å². The highest BCUT2D eigenvalue weighted by molar-refractivity contribution is 5.83. The number of benzene rings is 1. The Morgan fingerprint density at radius 2 is 1.71 bits per heavy atom. The summed E-state index contributed by atoms with van der Waals surface area (Å²) in [4.78, 5) is 15.1. The van der Waals surface area contributed by atoms with Gasteiger partial charge in [-0.05, 0) is 49.8 Å². The zero-order valence-corrected chi connectivity index (χ0v) is 13.5. The molecule has 3 rings (SSSR count). The molecule has 0 spiro atoms. The fourth-order valence-electron chi connectivity index (χ4n) is 4.04. The topological polar surface area (TPSA) is 20.3 Å². The van der Waals surface area contributed by atoms with Crippen molar-refractivity contribution in [2.45, 2.75) is 64.0 Å². The lowest BCUT2D eigenvalue weighted by atomic mass is 9.85. The number of Topliss-reactive ketones (excluding diaryl/α,β-unsaturated/α-hetero) is 1. The van der Waals surface area contributed by atoms with Gasteiger partial charge in [0.05, 0.1) is 0 Å². The van der Waals surface area contributed by atoms with Gasteiger partial charge in [-0.15, -0.1) is 0 Å². The number of carbonyl (C=O) groups excluding carboxylic acids is 1. The predicted molar refractivity (Wildman–Crippen MR) is 86.5 cm³/mol. The van der Waals surface area contributed by atoms with Crippen LogP contribution >= 0.6 is 0 Å². The molecule has 21 heavy (non-hydrogen) atoms. The summed E-state index contributed by atoms with van der Waals surface area (Å²) in [5, 5.41) is 0. The second-order valence-corrected chi connectivity index (χ2v) is 7.26. The van der Waals surface area contributed by atoms with Crippen LogP contribution in [0.2, 0.25) is 0 Å². The molecule has 1 aromatic rings.